The number of aryl methyl sites for hydroxylation is 1. The highest BCUT2D eigenvalue weighted by atomic mass is 35.5. The molecule has 0 bridgehead atoms. The predicted molar refractivity (Wildman–Crippen MR) is 95.2 cm³/mol. The van der Waals surface area contributed by atoms with Gasteiger partial charge in [-0.05, 0) is 30.3 Å². The lowest BCUT2D eigenvalue weighted by molar-refractivity contribution is -0.148. The molecule has 3 aromatic rings. The van der Waals surface area contributed by atoms with Gasteiger partial charge in [0.25, 0.3) is 5.91 Å². The smallest absolute Gasteiger partial charge is 0.284 e. The van der Waals surface area contributed by atoms with Crippen LogP contribution in [0.25, 0.3) is 11.0 Å². The number of halogens is 1. The van der Waals surface area contributed by atoms with Crippen LogP contribution in [0.15, 0.2) is 46.5 Å². The van der Waals surface area contributed by atoms with Gasteiger partial charge in [0.2, 0.25) is 16.2 Å². The molecular formula is C16H13ClN4O5S. The summed E-state index contributed by atoms with van der Waals surface area (Å²) in [5.74, 6) is -1.01. The summed E-state index contributed by atoms with van der Waals surface area (Å²) in [5, 5.41) is 21.8. The summed E-state index contributed by atoms with van der Waals surface area (Å²) < 4.78 is 28.1. The maximum atomic E-state index is 13.2. The number of aliphatic hydroxyl groups is 1. The number of nitrogens with one attached hydrogen (secondary N) is 1. The molecule has 1 atom stereocenters. The third-order valence-corrected chi connectivity index (χ3v) is 6.45. The molecule has 1 aliphatic heterocycles. The Morgan fingerprint density at radius 2 is 2.00 bits per heavy atom. The van der Waals surface area contributed by atoms with Crippen LogP contribution in [0, 0.1) is 0 Å². The van der Waals surface area contributed by atoms with Crippen molar-refractivity contribution in [3.05, 3.63) is 47.2 Å². The summed E-state index contributed by atoms with van der Waals surface area (Å²) in [7, 11) is -2.33. The molecule has 1 aliphatic rings. The Morgan fingerprint density at radius 1 is 1.26 bits per heavy atom. The van der Waals surface area contributed by atoms with E-state index in [-0.39, 0.29) is 31.1 Å². The minimum atomic E-state index is -4.07. The van der Waals surface area contributed by atoms with E-state index < -0.39 is 22.1 Å². The first-order valence-electron chi connectivity index (χ1n) is 7.67. The van der Waals surface area contributed by atoms with E-state index in [9.17, 15) is 23.5 Å². The van der Waals surface area contributed by atoms with E-state index in [1.807, 2.05) is 0 Å². The van der Waals surface area contributed by atoms with Crippen LogP contribution in [-0.4, -0.2) is 45.6 Å². The lowest BCUT2D eigenvalue weighted by Gasteiger charge is -2.31. The molecular weight excluding hydrogens is 396 g/mol. The monoisotopic (exact) mass is 408 g/mol. The first-order chi connectivity index (χ1) is 12.7. The number of hydrogen-bond acceptors (Lipinski definition) is 7. The number of nitrogens with zero attached hydrogens (tertiary/aromatic N) is 3. The third kappa shape index (κ3) is 2.57. The average molecular weight is 409 g/mol. The Morgan fingerprint density at radius 3 is 2.74 bits per heavy atom. The fraction of sp³-hybridized carbons (Fsp3) is 0.125. The number of carbonyl (C=O) groups is 1. The van der Waals surface area contributed by atoms with Crippen molar-refractivity contribution in [2.75, 3.05) is 5.32 Å². The van der Waals surface area contributed by atoms with Crippen molar-refractivity contribution in [3.8, 4) is 0 Å². The van der Waals surface area contributed by atoms with Gasteiger partial charge in [0, 0.05) is 7.05 Å². The Labute approximate surface area is 158 Å². The van der Waals surface area contributed by atoms with Gasteiger partial charge in [-0.25, -0.2) is 13.4 Å². The van der Waals surface area contributed by atoms with Crippen LogP contribution in [-0.2, 0) is 16.9 Å². The lowest BCUT2D eigenvalue weighted by atomic mass is 10.1. The van der Waals surface area contributed by atoms with Gasteiger partial charge in [0.1, 0.15) is 0 Å². The third-order valence-electron chi connectivity index (χ3n) is 4.34. The number of rotatable bonds is 2. The van der Waals surface area contributed by atoms with Gasteiger partial charge in [-0.3, -0.25) is 10.0 Å². The van der Waals surface area contributed by atoms with Crippen LogP contribution in [0.5, 0.6) is 0 Å². The maximum Gasteiger partial charge on any atom is 0.284 e. The van der Waals surface area contributed by atoms with E-state index in [0.717, 1.165) is 0 Å². The second kappa shape index (κ2) is 5.92. The molecule has 140 valence electrons. The Hall–Kier alpha value is -2.66. The van der Waals surface area contributed by atoms with Gasteiger partial charge in [-0.15, -0.1) is 0 Å². The van der Waals surface area contributed by atoms with Crippen LogP contribution < -0.4 is 5.32 Å². The number of anilines is 1. The first kappa shape index (κ1) is 17.7. The van der Waals surface area contributed by atoms with Crippen LogP contribution in [0.4, 0.5) is 5.69 Å². The molecule has 9 nitrogen and oxygen atoms in total. The fourth-order valence-electron chi connectivity index (χ4n) is 2.95. The molecule has 2 aromatic carbocycles. The first-order valence-corrected chi connectivity index (χ1v) is 9.53. The lowest BCUT2D eigenvalue weighted by Crippen LogP contribution is -2.47. The van der Waals surface area contributed by atoms with E-state index in [1.165, 1.54) is 24.3 Å². The van der Waals surface area contributed by atoms with Gasteiger partial charge in [0.05, 0.1) is 43.4 Å². The van der Waals surface area contributed by atoms with Crippen molar-refractivity contribution in [2.24, 2.45) is 7.05 Å². The highest BCUT2D eigenvalue weighted by Gasteiger charge is 2.36. The second-order valence-electron chi connectivity index (χ2n) is 5.97. The van der Waals surface area contributed by atoms with Crippen molar-refractivity contribution in [2.45, 2.75) is 16.1 Å². The normalized spacial score (nSPS) is 17.1. The molecule has 1 aromatic heterocycles. The molecule has 2 heterocycles. The van der Waals surface area contributed by atoms with Crippen LogP contribution >= 0.6 is 11.6 Å². The van der Waals surface area contributed by atoms with Crippen molar-refractivity contribution >= 4 is 44.1 Å². The SMILES string of the molecule is Cn1cnc2ccc(S(=O)(=O)c3ccc(Cl)c4c3NC(O)N(O)C4=O)cc21. The van der Waals surface area contributed by atoms with Crippen LogP contribution in [0.2, 0.25) is 5.02 Å². The van der Waals surface area contributed by atoms with Crippen LogP contribution in [0.1, 0.15) is 10.4 Å². The number of amides is 1. The Kier molecular flexibility index (Phi) is 3.89. The van der Waals surface area contributed by atoms with E-state index >= 15 is 0 Å². The summed E-state index contributed by atoms with van der Waals surface area (Å²) in [4.78, 5) is 16.1. The molecule has 11 heteroatoms. The molecule has 0 aliphatic carbocycles. The van der Waals surface area contributed by atoms with E-state index in [1.54, 1.807) is 24.0 Å². The average Bonchev–Trinajstić information content (AvgIpc) is 3.00. The van der Waals surface area contributed by atoms with E-state index in [4.69, 9.17) is 11.6 Å². The second-order valence-corrected chi connectivity index (χ2v) is 8.30. The number of hydrogen-bond donors (Lipinski definition) is 3. The zero-order chi connectivity index (χ0) is 19.5. The summed E-state index contributed by atoms with van der Waals surface area (Å²) in [6.45, 7) is 0. The molecule has 3 N–H and O–H groups in total. The van der Waals surface area contributed by atoms with Gasteiger partial charge in [0.15, 0.2) is 0 Å². The maximum absolute atomic E-state index is 13.2. The number of benzene rings is 2. The van der Waals surface area contributed by atoms with E-state index in [0.29, 0.717) is 11.0 Å². The van der Waals surface area contributed by atoms with Gasteiger partial charge >= 0.3 is 0 Å². The minimum Gasteiger partial charge on any atom is -0.355 e. The van der Waals surface area contributed by atoms with Gasteiger partial charge in [-0.1, -0.05) is 11.6 Å². The van der Waals surface area contributed by atoms with Gasteiger partial charge < -0.3 is 15.0 Å². The number of imidazole rings is 1. The molecule has 4 rings (SSSR count). The molecule has 0 saturated heterocycles. The zero-order valence-corrected chi connectivity index (χ0v) is 15.4. The molecule has 1 unspecified atom stereocenters. The highest BCUT2D eigenvalue weighted by molar-refractivity contribution is 7.91. The van der Waals surface area contributed by atoms with Crippen LogP contribution in [0.3, 0.4) is 0 Å². The zero-order valence-electron chi connectivity index (χ0n) is 13.8. The summed E-state index contributed by atoms with van der Waals surface area (Å²) in [5.41, 5.74) is 0.835. The highest BCUT2D eigenvalue weighted by Crippen LogP contribution is 2.38. The topological polar surface area (TPSA) is 125 Å². The summed E-state index contributed by atoms with van der Waals surface area (Å²) in [6, 6.07) is 6.95. The minimum absolute atomic E-state index is 0.0155. The Balaban J connectivity index is 1.95. The van der Waals surface area contributed by atoms with E-state index in [2.05, 4.69) is 10.3 Å². The predicted octanol–water partition coefficient (Wildman–Crippen LogP) is 1.59. The summed E-state index contributed by atoms with van der Waals surface area (Å²) >= 11 is 6.02. The molecule has 27 heavy (non-hydrogen) atoms. The number of fused-ring (bicyclic) bond motifs is 2. The molecule has 1 amide bonds. The van der Waals surface area contributed by atoms with Gasteiger partial charge in [-0.2, -0.15) is 5.06 Å². The number of carbonyl (C=O) groups excluding carboxylic acids is 1. The van der Waals surface area contributed by atoms with Crippen molar-refractivity contribution in [3.63, 3.8) is 0 Å². The van der Waals surface area contributed by atoms with Crippen molar-refractivity contribution in [1.29, 1.82) is 0 Å². The number of sulfone groups is 1. The molecule has 0 fully saturated rings. The quantitative estimate of drug-likeness (QED) is 0.550. The molecule has 0 spiro atoms. The number of hydroxylamine groups is 2. The standard InChI is InChI=1S/C16H13ClN4O5S/c1-20-7-18-10-4-2-8(6-11(10)20)27(25,26)12-5-3-9(17)13-14(12)19-16(23)21(24)15(13)22/h2-7,16,19,23-24H,1H3. The Bertz CT molecular complexity index is 1210. The number of aliphatic hydroxyl groups excluding tert-OH is 1. The number of aromatic nitrogens is 2. The molecule has 0 saturated carbocycles. The molecule has 0 radical (unpaired) electrons. The fourth-order valence-corrected chi connectivity index (χ4v) is 4.63. The van der Waals surface area contributed by atoms with Crippen molar-refractivity contribution < 1.29 is 23.5 Å². The largest absolute Gasteiger partial charge is 0.355 e. The van der Waals surface area contributed by atoms with Crippen molar-refractivity contribution in [1.82, 2.24) is 14.6 Å². The summed E-state index contributed by atoms with van der Waals surface area (Å²) in [6.07, 6.45) is -0.241.